The van der Waals surface area contributed by atoms with Crippen LogP contribution >= 0.6 is 0 Å². The van der Waals surface area contributed by atoms with E-state index in [2.05, 4.69) is 10.6 Å². The van der Waals surface area contributed by atoms with Crippen LogP contribution in [0.1, 0.15) is 23.7 Å². The molecule has 0 aliphatic carbocycles. The number of nitrogens with one attached hydrogen (secondary N) is 2. The van der Waals surface area contributed by atoms with Crippen molar-refractivity contribution in [1.29, 1.82) is 0 Å². The summed E-state index contributed by atoms with van der Waals surface area (Å²) in [7, 11) is 1.48. The molecule has 1 atom stereocenters. The molecule has 1 aromatic rings. The molecule has 1 heterocycles. The maximum absolute atomic E-state index is 13.8. The summed E-state index contributed by atoms with van der Waals surface area (Å²) in [5.74, 6) is -0.948. The van der Waals surface area contributed by atoms with Crippen LogP contribution < -0.4 is 10.6 Å². The second kappa shape index (κ2) is 4.94. The molecule has 0 aromatic heterocycles. The van der Waals surface area contributed by atoms with Crippen LogP contribution in [0.4, 0.5) is 10.1 Å². The van der Waals surface area contributed by atoms with Gasteiger partial charge in [0.1, 0.15) is 5.82 Å². The lowest BCUT2D eigenvalue weighted by atomic mass is 10.0. The molecule has 2 N–H and O–H groups in total. The van der Waals surface area contributed by atoms with Gasteiger partial charge >= 0.3 is 0 Å². The Morgan fingerprint density at radius 1 is 1.50 bits per heavy atom. The van der Waals surface area contributed by atoms with Crippen molar-refractivity contribution in [3.05, 3.63) is 29.6 Å². The Kier molecular flexibility index (Phi) is 3.52. The Morgan fingerprint density at radius 2 is 2.28 bits per heavy atom. The molecular weight excluding hydrogens is 235 g/mol. The smallest absolute Gasteiger partial charge is 0.253 e. The predicted molar refractivity (Wildman–Crippen MR) is 67.3 cm³/mol. The molecule has 0 radical (unpaired) electrons. The van der Waals surface area contributed by atoms with Gasteiger partial charge in [-0.1, -0.05) is 0 Å². The zero-order valence-corrected chi connectivity index (χ0v) is 10.5. The first-order valence-electron chi connectivity index (χ1n) is 5.92. The minimum Gasteiger partial charge on any atom is -0.379 e. The molecule has 4 nitrogen and oxygen atoms in total. The minimum atomic E-state index is -0.526. The fourth-order valence-corrected chi connectivity index (χ4v) is 2.03. The van der Waals surface area contributed by atoms with Gasteiger partial charge in [0.05, 0.1) is 17.7 Å². The van der Waals surface area contributed by atoms with Gasteiger partial charge in [-0.2, -0.15) is 0 Å². The third-order valence-corrected chi connectivity index (χ3v) is 3.11. The summed E-state index contributed by atoms with van der Waals surface area (Å²) >= 11 is 0. The number of carbonyl (C=O) groups is 1. The van der Waals surface area contributed by atoms with Gasteiger partial charge in [-0.05, 0) is 31.5 Å². The van der Waals surface area contributed by atoms with Gasteiger partial charge in [0.25, 0.3) is 5.91 Å². The molecule has 1 aliphatic heterocycles. The average Bonchev–Trinajstić information content (AvgIpc) is 2.75. The molecule has 1 saturated heterocycles. The summed E-state index contributed by atoms with van der Waals surface area (Å²) in [6.07, 6.45) is 0.881. The van der Waals surface area contributed by atoms with Crippen LogP contribution in [0.15, 0.2) is 18.2 Å². The van der Waals surface area contributed by atoms with Crippen LogP contribution in [0, 0.1) is 5.82 Å². The van der Waals surface area contributed by atoms with E-state index in [0.717, 1.165) is 6.42 Å². The number of amides is 1. The van der Waals surface area contributed by atoms with Gasteiger partial charge in [-0.3, -0.25) is 4.79 Å². The second-order valence-electron chi connectivity index (χ2n) is 4.76. The van der Waals surface area contributed by atoms with Gasteiger partial charge < -0.3 is 15.4 Å². The van der Waals surface area contributed by atoms with Crippen molar-refractivity contribution in [2.45, 2.75) is 18.9 Å². The van der Waals surface area contributed by atoms with Gasteiger partial charge in [-0.15, -0.1) is 0 Å². The highest BCUT2D eigenvalue weighted by Gasteiger charge is 2.29. The number of hydrogen-bond donors (Lipinski definition) is 2. The lowest BCUT2D eigenvalue weighted by Crippen LogP contribution is -2.35. The first kappa shape index (κ1) is 12.8. The number of anilines is 1. The normalized spacial score (nSPS) is 22.8. The fourth-order valence-electron chi connectivity index (χ4n) is 2.03. The molecule has 98 valence electrons. The summed E-state index contributed by atoms with van der Waals surface area (Å²) in [5, 5.41) is 5.65. The van der Waals surface area contributed by atoms with Crippen molar-refractivity contribution in [2.24, 2.45) is 0 Å². The van der Waals surface area contributed by atoms with Gasteiger partial charge in [0.15, 0.2) is 0 Å². The number of ether oxygens (including phenoxy) is 1. The van der Waals surface area contributed by atoms with Crippen molar-refractivity contribution in [3.8, 4) is 0 Å². The van der Waals surface area contributed by atoms with Crippen LogP contribution in [-0.4, -0.2) is 31.7 Å². The SMILES string of the molecule is CNC(=O)c1ccc(N[C@]2(C)CCOC2)cc1F. The Hall–Kier alpha value is -1.62. The third kappa shape index (κ3) is 2.61. The summed E-state index contributed by atoms with van der Waals surface area (Å²) in [5.41, 5.74) is 0.546. The number of benzene rings is 1. The molecule has 0 saturated carbocycles. The number of carbonyl (C=O) groups excluding carboxylic acids is 1. The van der Waals surface area contributed by atoms with E-state index in [-0.39, 0.29) is 11.1 Å². The molecule has 1 aromatic carbocycles. The zero-order chi connectivity index (χ0) is 13.2. The van der Waals surface area contributed by atoms with Crippen molar-refractivity contribution < 1.29 is 13.9 Å². The maximum Gasteiger partial charge on any atom is 0.253 e. The van der Waals surface area contributed by atoms with Gasteiger partial charge in [0, 0.05) is 19.3 Å². The molecule has 0 spiro atoms. The first-order chi connectivity index (χ1) is 8.54. The van der Waals surface area contributed by atoms with E-state index in [1.165, 1.54) is 19.2 Å². The second-order valence-corrected chi connectivity index (χ2v) is 4.76. The van der Waals surface area contributed by atoms with Gasteiger partial charge in [0.2, 0.25) is 0 Å². The van der Waals surface area contributed by atoms with Crippen LogP contribution in [-0.2, 0) is 4.74 Å². The molecule has 0 unspecified atom stereocenters. The quantitative estimate of drug-likeness (QED) is 0.862. The summed E-state index contributed by atoms with van der Waals surface area (Å²) in [4.78, 5) is 11.4. The standard InChI is InChI=1S/C13H17FN2O2/c1-13(5-6-18-8-13)16-9-3-4-10(11(14)7-9)12(17)15-2/h3-4,7,16H,5-6,8H2,1-2H3,(H,15,17)/t13-/m1/s1. The predicted octanol–water partition coefficient (Wildman–Crippen LogP) is 1.78. The summed E-state index contributed by atoms with van der Waals surface area (Å²) < 4.78 is 19.1. The van der Waals surface area contributed by atoms with Crippen molar-refractivity contribution in [1.82, 2.24) is 5.32 Å². The van der Waals surface area contributed by atoms with Crippen LogP contribution in [0.25, 0.3) is 0 Å². The highest BCUT2D eigenvalue weighted by atomic mass is 19.1. The van der Waals surface area contributed by atoms with Crippen molar-refractivity contribution in [2.75, 3.05) is 25.6 Å². The van der Waals surface area contributed by atoms with Crippen molar-refractivity contribution >= 4 is 11.6 Å². The number of halogens is 1. The lowest BCUT2D eigenvalue weighted by Gasteiger charge is -2.25. The molecule has 1 aliphatic rings. The Labute approximate surface area is 106 Å². The largest absolute Gasteiger partial charge is 0.379 e. The Morgan fingerprint density at radius 3 is 2.83 bits per heavy atom. The Balaban J connectivity index is 2.16. The first-order valence-corrected chi connectivity index (χ1v) is 5.92. The minimum absolute atomic E-state index is 0.0517. The van der Waals surface area contributed by atoms with E-state index in [4.69, 9.17) is 4.74 Å². The lowest BCUT2D eigenvalue weighted by molar-refractivity contribution is 0.0959. The van der Waals surface area contributed by atoms with Crippen molar-refractivity contribution in [3.63, 3.8) is 0 Å². The van der Waals surface area contributed by atoms with Gasteiger partial charge in [-0.25, -0.2) is 4.39 Å². The van der Waals surface area contributed by atoms with Crippen LogP contribution in [0.2, 0.25) is 0 Å². The molecule has 5 heteroatoms. The van der Waals surface area contributed by atoms with E-state index >= 15 is 0 Å². The molecule has 1 fully saturated rings. The highest BCUT2D eigenvalue weighted by molar-refractivity contribution is 5.94. The molecular formula is C13H17FN2O2. The van der Waals surface area contributed by atoms with Crippen LogP contribution in [0.5, 0.6) is 0 Å². The van der Waals surface area contributed by atoms with Crippen LogP contribution in [0.3, 0.4) is 0 Å². The zero-order valence-electron chi connectivity index (χ0n) is 10.5. The topological polar surface area (TPSA) is 50.4 Å². The summed E-state index contributed by atoms with van der Waals surface area (Å²) in [6, 6.07) is 4.53. The molecule has 2 rings (SSSR count). The van der Waals surface area contributed by atoms with E-state index < -0.39 is 11.7 Å². The maximum atomic E-state index is 13.8. The van der Waals surface area contributed by atoms with E-state index in [1.807, 2.05) is 6.92 Å². The monoisotopic (exact) mass is 252 g/mol. The molecule has 18 heavy (non-hydrogen) atoms. The Bertz CT molecular complexity index is 456. The number of hydrogen-bond acceptors (Lipinski definition) is 3. The van der Waals surface area contributed by atoms with E-state index in [0.29, 0.717) is 18.9 Å². The average molecular weight is 252 g/mol. The molecule has 0 bridgehead atoms. The molecule has 1 amide bonds. The summed E-state index contributed by atoms with van der Waals surface area (Å²) in [6.45, 7) is 3.35. The fraction of sp³-hybridized carbons (Fsp3) is 0.462. The van der Waals surface area contributed by atoms with E-state index in [1.54, 1.807) is 6.07 Å². The third-order valence-electron chi connectivity index (χ3n) is 3.11. The highest BCUT2D eigenvalue weighted by Crippen LogP contribution is 2.24. The van der Waals surface area contributed by atoms with E-state index in [9.17, 15) is 9.18 Å². The number of rotatable bonds is 3.